The maximum atomic E-state index is 13.4. The fourth-order valence-corrected chi connectivity index (χ4v) is 3.50. The largest absolute Gasteiger partial charge is 0.463 e. The van der Waals surface area contributed by atoms with Gasteiger partial charge in [0.15, 0.2) is 0 Å². The smallest absolute Gasteiger partial charge is 0.373 e. The minimum Gasteiger partial charge on any atom is -0.463 e. The molecule has 0 spiro atoms. The van der Waals surface area contributed by atoms with E-state index in [4.69, 9.17) is 4.42 Å². The van der Waals surface area contributed by atoms with Gasteiger partial charge >= 0.3 is 5.97 Å². The van der Waals surface area contributed by atoms with Gasteiger partial charge in [0.2, 0.25) is 5.76 Å². The van der Waals surface area contributed by atoms with Crippen LogP contribution < -0.4 is 5.56 Å². The lowest BCUT2D eigenvalue weighted by Gasteiger charge is -2.12. The quantitative estimate of drug-likeness (QED) is 0.457. The summed E-state index contributed by atoms with van der Waals surface area (Å²) in [6, 6.07) is 9.13. The minimum absolute atomic E-state index is 0.0778. The number of methoxy groups -OCH3 is 1. The van der Waals surface area contributed by atoms with Crippen molar-refractivity contribution in [1.29, 1.82) is 0 Å². The van der Waals surface area contributed by atoms with Crippen LogP contribution in [0.2, 0.25) is 0 Å². The molecule has 8 nitrogen and oxygen atoms in total. The van der Waals surface area contributed by atoms with Gasteiger partial charge in [0.1, 0.15) is 17.8 Å². The fourth-order valence-electron chi connectivity index (χ4n) is 3.50. The Bertz CT molecular complexity index is 1340. The number of fused-ring (bicyclic) bond motifs is 1. The van der Waals surface area contributed by atoms with Crippen molar-refractivity contribution in [3.8, 4) is 5.69 Å². The second-order valence-corrected chi connectivity index (χ2v) is 7.85. The van der Waals surface area contributed by atoms with Crippen molar-refractivity contribution in [1.82, 2.24) is 19.6 Å². The van der Waals surface area contributed by atoms with Gasteiger partial charge in [-0.25, -0.2) is 14.2 Å². The van der Waals surface area contributed by atoms with Crippen LogP contribution in [0.25, 0.3) is 16.6 Å². The Balaban J connectivity index is 1.87. The Morgan fingerprint density at radius 3 is 2.61 bits per heavy atom. The number of nitrogens with zero attached hydrogens (tertiary/aromatic N) is 4. The summed E-state index contributed by atoms with van der Waals surface area (Å²) < 4.78 is 13.2. The van der Waals surface area contributed by atoms with Crippen LogP contribution in [0.5, 0.6) is 0 Å². The van der Waals surface area contributed by atoms with E-state index in [-0.39, 0.29) is 23.8 Å². The molecule has 0 amide bonds. The highest BCUT2D eigenvalue weighted by Crippen LogP contribution is 2.24. The number of hydrogen-bond acceptors (Lipinski definition) is 6. The summed E-state index contributed by atoms with van der Waals surface area (Å²) in [5.74, 6) is 0.0175. The number of furan rings is 1. The average molecular weight is 420 g/mol. The molecule has 0 aliphatic carbocycles. The van der Waals surface area contributed by atoms with Crippen LogP contribution in [0.4, 0.5) is 0 Å². The molecule has 0 aliphatic heterocycles. The van der Waals surface area contributed by atoms with Crippen molar-refractivity contribution in [2.24, 2.45) is 0 Å². The first kappa shape index (κ1) is 20.6. The molecule has 31 heavy (non-hydrogen) atoms. The summed E-state index contributed by atoms with van der Waals surface area (Å²) in [6.45, 7) is 8.20. The predicted molar refractivity (Wildman–Crippen MR) is 116 cm³/mol. The zero-order valence-corrected chi connectivity index (χ0v) is 18.2. The van der Waals surface area contributed by atoms with E-state index in [0.717, 1.165) is 22.3 Å². The fraction of sp³-hybridized carbons (Fsp3) is 0.304. The Hall–Kier alpha value is -3.68. The molecule has 0 radical (unpaired) electrons. The van der Waals surface area contributed by atoms with Crippen molar-refractivity contribution in [3.63, 3.8) is 0 Å². The van der Waals surface area contributed by atoms with Crippen molar-refractivity contribution >= 4 is 16.9 Å². The van der Waals surface area contributed by atoms with Crippen LogP contribution in [0.3, 0.4) is 0 Å². The van der Waals surface area contributed by atoms with Gasteiger partial charge in [-0.1, -0.05) is 19.9 Å². The third-order valence-electron chi connectivity index (χ3n) is 5.35. The van der Waals surface area contributed by atoms with Crippen LogP contribution in [0, 0.1) is 13.8 Å². The van der Waals surface area contributed by atoms with Crippen molar-refractivity contribution in [2.75, 3.05) is 7.11 Å². The third kappa shape index (κ3) is 3.65. The molecule has 0 saturated heterocycles. The third-order valence-corrected chi connectivity index (χ3v) is 5.35. The zero-order valence-electron chi connectivity index (χ0n) is 18.2. The topological polar surface area (TPSA) is 92.2 Å². The van der Waals surface area contributed by atoms with Gasteiger partial charge < -0.3 is 9.15 Å². The number of carbonyl (C=O) groups excluding carboxylic acids is 1. The van der Waals surface area contributed by atoms with E-state index in [1.54, 1.807) is 16.9 Å². The maximum absolute atomic E-state index is 13.4. The molecular formula is C23H24N4O4. The first-order valence-corrected chi connectivity index (χ1v) is 10.0. The van der Waals surface area contributed by atoms with Crippen molar-refractivity contribution in [3.05, 3.63) is 75.2 Å². The summed E-state index contributed by atoms with van der Waals surface area (Å²) in [5, 5.41) is 9.81. The first-order chi connectivity index (χ1) is 14.8. The highest BCUT2D eigenvalue weighted by Gasteiger charge is 2.20. The van der Waals surface area contributed by atoms with Crippen molar-refractivity contribution < 1.29 is 13.9 Å². The number of carbonyl (C=O) groups is 1. The number of ether oxygens (including phenoxy) is 1. The van der Waals surface area contributed by atoms with Crippen molar-refractivity contribution in [2.45, 2.75) is 40.2 Å². The Kier molecular flexibility index (Phi) is 5.22. The average Bonchev–Trinajstić information content (AvgIpc) is 3.39. The number of benzene rings is 1. The molecule has 0 N–H and O–H groups in total. The molecule has 4 rings (SSSR count). The van der Waals surface area contributed by atoms with E-state index < -0.39 is 5.97 Å². The Morgan fingerprint density at radius 1 is 1.16 bits per heavy atom. The summed E-state index contributed by atoms with van der Waals surface area (Å²) in [4.78, 5) is 25.1. The summed E-state index contributed by atoms with van der Waals surface area (Å²) >= 11 is 0. The molecule has 0 saturated carbocycles. The van der Waals surface area contributed by atoms with Crippen LogP contribution in [0.15, 0.2) is 45.7 Å². The lowest BCUT2D eigenvalue weighted by molar-refractivity contribution is 0.0562. The Labute approximate surface area is 179 Å². The SMILES string of the molecule is COC(=O)c1ccc(Cn2nc(C(C)C)c3cnn(-c4ccc(C)c(C)c4)c3c2=O)o1. The minimum atomic E-state index is -0.572. The summed E-state index contributed by atoms with van der Waals surface area (Å²) in [5.41, 5.74) is 4.04. The molecule has 0 fully saturated rings. The van der Waals surface area contributed by atoms with Gasteiger partial charge in [-0.3, -0.25) is 4.79 Å². The molecule has 3 heterocycles. The van der Waals surface area contributed by atoms with E-state index in [2.05, 4.69) is 14.9 Å². The van der Waals surface area contributed by atoms with Crippen LogP contribution in [0.1, 0.15) is 52.9 Å². The normalized spacial score (nSPS) is 11.4. The van der Waals surface area contributed by atoms with E-state index in [9.17, 15) is 9.59 Å². The summed E-state index contributed by atoms with van der Waals surface area (Å²) in [7, 11) is 1.29. The summed E-state index contributed by atoms with van der Waals surface area (Å²) in [6.07, 6.45) is 1.70. The van der Waals surface area contributed by atoms with Crippen LogP contribution >= 0.6 is 0 Å². The standard InChI is InChI=1S/C23H24N4O4/c1-13(2)20-18-11-24-27(16-7-6-14(3)15(4)10-16)21(18)22(28)26(25-20)12-17-8-9-19(31-17)23(29)30-5/h6-11,13H,12H2,1-5H3. The molecular weight excluding hydrogens is 396 g/mol. The number of aromatic nitrogens is 4. The predicted octanol–water partition coefficient (Wildman–Crippen LogP) is 3.75. The molecule has 0 bridgehead atoms. The number of esters is 1. The molecule has 3 aromatic heterocycles. The highest BCUT2D eigenvalue weighted by molar-refractivity contribution is 5.86. The van der Waals surface area contributed by atoms with Crippen LogP contribution in [-0.2, 0) is 11.3 Å². The van der Waals surface area contributed by atoms with Crippen LogP contribution in [-0.4, -0.2) is 32.6 Å². The van der Waals surface area contributed by atoms with Gasteiger partial charge in [0.25, 0.3) is 5.56 Å². The monoisotopic (exact) mass is 420 g/mol. The second kappa shape index (κ2) is 7.86. The van der Waals surface area contributed by atoms with Gasteiger partial charge in [0, 0.05) is 5.39 Å². The molecule has 1 aromatic carbocycles. The van der Waals surface area contributed by atoms with Gasteiger partial charge in [-0.15, -0.1) is 0 Å². The molecule has 4 aromatic rings. The number of rotatable bonds is 5. The molecule has 0 unspecified atom stereocenters. The molecule has 0 atom stereocenters. The first-order valence-electron chi connectivity index (χ1n) is 10.0. The van der Waals surface area contributed by atoms with E-state index >= 15 is 0 Å². The van der Waals surface area contributed by atoms with Gasteiger partial charge in [-0.05, 0) is 55.2 Å². The lowest BCUT2D eigenvalue weighted by atomic mass is 10.1. The Morgan fingerprint density at radius 2 is 1.94 bits per heavy atom. The molecule has 8 heteroatoms. The lowest BCUT2D eigenvalue weighted by Crippen LogP contribution is -2.26. The maximum Gasteiger partial charge on any atom is 0.373 e. The highest BCUT2D eigenvalue weighted by atomic mass is 16.5. The number of aryl methyl sites for hydroxylation is 2. The van der Waals surface area contributed by atoms with E-state index in [1.165, 1.54) is 23.4 Å². The number of hydrogen-bond donors (Lipinski definition) is 0. The zero-order chi connectivity index (χ0) is 22.3. The molecule has 0 aliphatic rings. The van der Waals surface area contributed by atoms with E-state index in [0.29, 0.717) is 11.3 Å². The molecule has 160 valence electrons. The van der Waals surface area contributed by atoms with Gasteiger partial charge in [-0.2, -0.15) is 10.2 Å². The van der Waals surface area contributed by atoms with E-state index in [1.807, 2.05) is 45.9 Å². The van der Waals surface area contributed by atoms with Gasteiger partial charge in [0.05, 0.1) is 24.7 Å². The second-order valence-electron chi connectivity index (χ2n) is 7.85.